The molecule has 18 heavy (non-hydrogen) atoms. The average molecular weight is 255 g/mol. The molecule has 4 heteroatoms. The molecule has 0 aromatic heterocycles. The first kappa shape index (κ1) is 13.7. The van der Waals surface area contributed by atoms with E-state index in [1.54, 1.807) is 4.90 Å². The lowest BCUT2D eigenvalue weighted by Gasteiger charge is -2.35. The molecule has 2 rings (SSSR count). The number of amides is 1. The van der Waals surface area contributed by atoms with E-state index in [-0.39, 0.29) is 17.8 Å². The fourth-order valence-electron chi connectivity index (χ4n) is 2.91. The average Bonchev–Trinajstić information content (AvgIpc) is 2.47. The molecule has 4 nitrogen and oxygen atoms in total. The summed E-state index contributed by atoms with van der Waals surface area (Å²) < 4.78 is 11.4. The van der Waals surface area contributed by atoms with E-state index >= 15 is 0 Å². The number of fused-ring (bicyclic) bond motifs is 1. The van der Waals surface area contributed by atoms with Crippen molar-refractivity contribution in [3.8, 4) is 0 Å². The van der Waals surface area contributed by atoms with Crippen LogP contribution >= 0.6 is 0 Å². The SMILES string of the molecule is CC(C)(C)OC(=O)N1CC[C@H]2CC(C)(C)O[C@H]2C1. The third-order valence-electron chi connectivity index (χ3n) is 3.57. The monoisotopic (exact) mass is 255 g/mol. The van der Waals surface area contributed by atoms with E-state index in [0.29, 0.717) is 12.5 Å². The number of hydrogen-bond donors (Lipinski definition) is 0. The minimum atomic E-state index is -0.427. The van der Waals surface area contributed by atoms with Crippen LogP contribution in [-0.2, 0) is 9.47 Å². The van der Waals surface area contributed by atoms with E-state index in [1.807, 2.05) is 20.8 Å². The van der Waals surface area contributed by atoms with Crippen LogP contribution < -0.4 is 0 Å². The molecule has 2 aliphatic heterocycles. The maximum Gasteiger partial charge on any atom is 0.410 e. The second-order valence-corrected chi connectivity index (χ2v) is 7.10. The lowest BCUT2D eigenvalue weighted by molar-refractivity contribution is -0.0509. The molecular formula is C14H25NO3. The molecule has 2 aliphatic rings. The Morgan fingerprint density at radius 2 is 2.06 bits per heavy atom. The van der Waals surface area contributed by atoms with Gasteiger partial charge in [0.05, 0.1) is 18.2 Å². The summed E-state index contributed by atoms with van der Waals surface area (Å²) in [6.45, 7) is 11.4. The van der Waals surface area contributed by atoms with Crippen LogP contribution in [0, 0.1) is 5.92 Å². The van der Waals surface area contributed by atoms with Gasteiger partial charge in [-0.1, -0.05) is 0 Å². The van der Waals surface area contributed by atoms with Crippen LogP contribution in [0.5, 0.6) is 0 Å². The topological polar surface area (TPSA) is 38.8 Å². The summed E-state index contributed by atoms with van der Waals surface area (Å²) in [5.41, 5.74) is -0.469. The van der Waals surface area contributed by atoms with Crippen LogP contribution in [-0.4, -0.2) is 41.4 Å². The second-order valence-electron chi connectivity index (χ2n) is 7.10. The summed E-state index contributed by atoms with van der Waals surface area (Å²) in [4.78, 5) is 13.8. The molecule has 0 N–H and O–H groups in total. The zero-order valence-corrected chi connectivity index (χ0v) is 12.2. The van der Waals surface area contributed by atoms with Gasteiger partial charge in [-0.2, -0.15) is 0 Å². The number of hydrogen-bond acceptors (Lipinski definition) is 3. The van der Waals surface area contributed by atoms with Gasteiger partial charge in [-0.15, -0.1) is 0 Å². The molecular weight excluding hydrogens is 230 g/mol. The van der Waals surface area contributed by atoms with Crippen LogP contribution in [0.3, 0.4) is 0 Å². The molecule has 2 saturated heterocycles. The van der Waals surface area contributed by atoms with Gasteiger partial charge >= 0.3 is 6.09 Å². The standard InChI is InChI=1S/C14H25NO3/c1-13(2,3)18-12(16)15-7-6-10-8-14(4,5)17-11(10)9-15/h10-11H,6-9H2,1-5H3/t10-,11-/m0/s1. The van der Waals surface area contributed by atoms with Crippen molar-refractivity contribution in [1.29, 1.82) is 0 Å². The highest BCUT2D eigenvalue weighted by Gasteiger charge is 2.44. The van der Waals surface area contributed by atoms with Gasteiger partial charge in [0.15, 0.2) is 0 Å². The summed E-state index contributed by atoms with van der Waals surface area (Å²) in [5.74, 6) is 0.596. The lowest BCUT2D eigenvalue weighted by Crippen LogP contribution is -2.47. The molecule has 0 bridgehead atoms. The maximum absolute atomic E-state index is 12.0. The van der Waals surface area contributed by atoms with Crippen LogP contribution in [0.15, 0.2) is 0 Å². The Kier molecular flexibility index (Phi) is 3.34. The summed E-state index contributed by atoms with van der Waals surface area (Å²) in [7, 11) is 0. The van der Waals surface area contributed by atoms with Crippen molar-refractivity contribution in [2.75, 3.05) is 13.1 Å². The largest absolute Gasteiger partial charge is 0.444 e. The smallest absolute Gasteiger partial charge is 0.410 e. The summed E-state index contributed by atoms with van der Waals surface area (Å²) in [6, 6.07) is 0. The maximum atomic E-state index is 12.0. The number of nitrogens with zero attached hydrogens (tertiary/aromatic N) is 1. The molecule has 2 atom stereocenters. The molecule has 0 aliphatic carbocycles. The molecule has 2 heterocycles. The number of ether oxygens (including phenoxy) is 2. The van der Waals surface area contributed by atoms with Gasteiger partial charge < -0.3 is 14.4 Å². The number of piperidine rings is 1. The Morgan fingerprint density at radius 3 is 2.67 bits per heavy atom. The van der Waals surface area contributed by atoms with E-state index in [0.717, 1.165) is 19.4 Å². The number of likely N-dealkylation sites (tertiary alicyclic amines) is 1. The first-order chi connectivity index (χ1) is 8.16. The fourth-order valence-corrected chi connectivity index (χ4v) is 2.91. The molecule has 0 aromatic rings. The third kappa shape index (κ3) is 3.16. The quantitative estimate of drug-likeness (QED) is 0.668. The highest BCUT2D eigenvalue weighted by Crippen LogP contribution is 2.39. The van der Waals surface area contributed by atoms with Crippen molar-refractivity contribution in [3.05, 3.63) is 0 Å². The highest BCUT2D eigenvalue weighted by molar-refractivity contribution is 5.68. The molecule has 0 aromatic carbocycles. The molecule has 0 unspecified atom stereocenters. The Bertz CT molecular complexity index is 332. The summed E-state index contributed by atoms with van der Waals surface area (Å²) >= 11 is 0. The molecule has 2 fully saturated rings. The van der Waals surface area contributed by atoms with Gasteiger partial charge in [-0.05, 0) is 53.4 Å². The van der Waals surface area contributed by atoms with Gasteiger partial charge in [-0.3, -0.25) is 0 Å². The Hall–Kier alpha value is -0.770. The first-order valence-corrected chi connectivity index (χ1v) is 6.82. The van der Waals surface area contributed by atoms with Crippen molar-refractivity contribution in [3.63, 3.8) is 0 Å². The second kappa shape index (κ2) is 4.41. The van der Waals surface area contributed by atoms with Gasteiger partial charge in [0.2, 0.25) is 0 Å². The van der Waals surface area contributed by atoms with Crippen LogP contribution in [0.4, 0.5) is 4.79 Å². The van der Waals surface area contributed by atoms with Crippen LogP contribution in [0.1, 0.15) is 47.5 Å². The van der Waals surface area contributed by atoms with E-state index in [2.05, 4.69) is 13.8 Å². The predicted molar refractivity (Wildman–Crippen MR) is 69.5 cm³/mol. The molecule has 104 valence electrons. The normalized spacial score (nSPS) is 31.1. The van der Waals surface area contributed by atoms with Crippen molar-refractivity contribution in [2.45, 2.75) is 64.8 Å². The van der Waals surface area contributed by atoms with E-state index in [4.69, 9.17) is 9.47 Å². The molecule has 0 saturated carbocycles. The zero-order valence-electron chi connectivity index (χ0n) is 12.2. The van der Waals surface area contributed by atoms with E-state index in [9.17, 15) is 4.79 Å². The van der Waals surface area contributed by atoms with Gasteiger partial charge in [0.1, 0.15) is 5.60 Å². The zero-order chi connectivity index (χ0) is 13.6. The fraction of sp³-hybridized carbons (Fsp3) is 0.929. The van der Waals surface area contributed by atoms with Crippen molar-refractivity contribution >= 4 is 6.09 Å². The van der Waals surface area contributed by atoms with E-state index < -0.39 is 5.60 Å². The number of carbonyl (C=O) groups is 1. The Labute approximate surface area is 110 Å². The lowest BCUT2D eigenvalue weighted by atomic mass is 9.89. The minimum Gasteiger partial charge on any atom is -0.444 e. The van der Waals surface area contributed by atoms with Gasteiger partial charge in [0, 0.05) is 6.54 Å². The molecule has 1 amide bonds. The van der Waals surface area contributed by atoms with Crippen LogP contribution in [0.2, 0.25) is 0 Å². The highest BCUT2D eigenvalue weighted by atomic mass is 16.6. The first-order valence-electron chi connectivity index (χ1n) is 6.82. The molecule has 0 radical (unpaired) electrons. The summed E-state index contributed by atoms with van der Waals surface area (Å²) in [5, 5.41) is 0. The van der Waals surface area contributed by atoms with Crippen molar-refractivity contribution in [2.24, 2.45) is 5.92 Å². The number of rotatable bonds is 0. The Morgan fingerprint density at radius 1 is 1.39 bits per heavy atom. The van der Waals surface area contributed by atoms with Crippen LogP contribution in [0.25, 0.3) is 0 Å². The summed E-state index contributed by atoms with van der Waals surface area (Å²) in [6.07, 6.45) is 2.09. The van der Waals surface area contributed by atoms with E-state index in [1.165, 1.54) is 0 Å². The number of carbonyl (C=O) groups excluding carboxylic acids is 1. The van der Waals surface area contributed by atoms with Gasteiger partial charge in [-0.25, -0.2) is 4.79 Å². The predicted octanol–water partition coefficient (Wildman–Crippen LogP) is 2.81. The van der Waals surface area contributed by atoms with Crippen molar-refractivity contribution < 1.29 is 14.3 Å². The Balaban J connectivity index is 1.93. The third-order valence-corrected chi connectivity index (χ3v) is 3.57. The molecule has 0 spiro atoms. The minimum absolute atomic E-state index is 0.0424. The van der Waals surface area contributed by atoms with Gasteiger partial charge in [0.25, 0.3) is 0 Å². The van der Waals surface area contributed by atoms with Crippen molar-refractivity contribution in [1.82, 2.24) is 4.90 Å².